The van der Waals surface area contributed by atoms with E-state index >= 15 is 0 Å². The molecule has 0 spiro atoms. The maximum Gasteiger partial charge on any atom is 0.242 e. The molecule has 0 saturated carbocycles. The first kappa shape index (κ1) is 20.9. The lowest BCUT2D eigenvalue weighted by molar-refractivity contribution is -0.127. The van der Waals surface area contributed by atoms with Crippen LogP contribution in [-0.2, 0) is 11.3 Å². The number of benzene rings is 2. The van der Waals surface area contributed by atoms with Gasteiger partial charge in [-0.05, 0) is 74.4 Å². The van der Waals surface area contributed by atoms with E-state index in [0.717, 1.165) is 56.1 Å². The van der Waals surface area contributed by atoms with Crippen molar-refractivity contribution in [1.29, 1.82) is 0 Å². The maximum absolute atomic E-state index is 13.3. The number of carbonyl (C=O) groups excluding carboxylic acids is 1. The first-order valence-electron chi connectivity index (χ1n) is 11.6. The van der Waals surface area contributed by atoms with Crippen LogP contribution in [0.2, 0.25) is 0 Å². The normalized spacial score (nSPS) is 19.4. The summed E-state index contributed by atoms with van der Waals surface area (Å²) in [6, 6.07) is 18.7. The molecule has 2 aromatic carbocycles. The number of nitrogens with one attached hydrogen (secondary N) is 1. The minimum Gasteiger partial charge on any atom is -0.372 e. The van der Waals surface area contributed by atoms with E-state index in [-0.39, 0.29) is 11.9 Å². The molecule has 0 aliphatic carbocycles. The van der Waals surface area contributed by atoms with E-state index in [1.54, 1.807) is 0 Å². The summed E-state index contributed by atoms with van der Waals surface area (Å²) in [5, 5.41) is 3.21. The van der Waals surface area contributed by atoms with E-state index in [4.69, 9.17) is 0 Å². The third kappa shape index (κ3) is 5.23. The van der Waals surface area contributed by atoms with Crippen molar-refractivity contribution < 1.29 is 4.79 Å². The van der Waals surface area contributed by atoms with Gasteiger partial charge < -0.3 is 10.2 Å². The van der Waals surface area contributed by atoms with Crippen LogP contribution in [0.4, 0.5) is 5.69 Å². The second-order valence-electron chi connectivity index (χ2n) is 8.96. The average molecular weight is 406 g/mol. The molecule has 1 unspecified atom stereocenters. The lowest BCUT2D eigenvalue weighted by Crippen LogP contribution is -2.43. The fourth-order valence-corrected chi connectivity index (χ4v) is 4.71. The number of hydrogen-bond donors (Lipinski definition) is 1. The summed E-state index contributed by atoms with van der Waals surface area (Å²) < 4.78 is 0. The molecule has 0 radical (unpaired) electrons. The number of likely N-dealkylation sites (tertiary alicyclic amines) is 1. The fourth-order valence-electron chi connectivity index (χ4n) is 4.71. The van der Waals surface area contributed by atoms with Gasteiger partial charge in [0.2, 0.25) is 5.91 Å². The Hall–Kier alpha value is -2.33. The minimum atomic E-state index is -0.202. The topological polar surface area (TPSA) is 35.6 Å². The summed E-state index contributed by atoms with van der Waals surface area (Å²) in [4.78, 5) is 18.1. The molecule has 1 atom stereocenters. The Bertz CT molecular complexity index is 791. The maximum atomic E-state index is 13.3. The van der Waals surface area contributed by atoms with Crippen LogP contribution in [-0.4, -0.2) is 37.0 Å². The lowest BCUT2D eigenvalue weighted by atomic mass is 9.95. The molecule has 4 heteroatoms. The quantitative estimate of drug-likeness (QED) is 0.752. The van der Waals surface area contributed by atoms with Gasteiger partial charge in [0.15, 0.2) is 0 Å². The van der Waals surface area contributed by atoms with E-state index in [0.29, 0.717) is 6.54 Å². The molecule has 160 valence electrons. The highest BCUT2D eigenvalue weighted by Gasteiger charge is 2.29. The Labute approximate surface area is 181 Å². The number of rotatable bonds is 6. The zero-order valence-corrected chi connectivity index (χ0v) is 18.2. The van der Waals surface area contributed by atoms with Crippen molar-refractivity contribution >= 4 is 11.6 Å². The number of carbonyl (C=O) groups is 1. The molecule has 2 aliphatic heterocycles. The van der Waals surface area contributed by atoms with Crippen LogP contribution < -0.4 is 10.2 Å². The van der Waals surface area contributed by atoms with Gasteiger partial charge in [-0.15, -0.1) is 0 Å². The molecule has 4 rings (SSSR count). The molecular formula is C26H35N3O. The predicted octanol–water partition coefficient (Wildman–Crippen LogP) is 4.77. The third-order valence-corrected chi connectivity index (χ3v) is 6.67. The molecule has 2 heterocycles. The standard InChI is InChI=1S/C26H35N3O/c1-21-14-18-29(19-15-21)25(23-8-4-2-5-9-23)26(30)27-20-22-10-12-24(13-11-22)28-16-6-3-7-17-28/h2,4-5,8-13,21,25H,3,6-7,14-20H2,1H3,(H,27,30). The van der Waals surface area contributed by atoms with Crippen LogP contribution >= 0.6 is 0 Å². The summed E-state index contributed by atoms with van der Waals surface area (Å²) in [7, 11) is 0. The molecule has 0 bridgehead atoms. The van der Waals surface area contributed by atoms with Gasteiger partial charge in [0.1, 0.15) is 6.04 Å². The number of hydrogen-bond acceptors (Lipinski definition) is 3. The Kier molecular flexibility index (Phi) is 7.06. The number of amides is 1. The van der Waals surface area contributed by atoms with Crippen molar-refractivity contribution in [3.8, 4) is 0 Å². The zero-order chi connectivity index (χ0) is 20.8. The fraction of sp³-hybridized carbons (Fsp3) is 0.500. The highest BCUT2D eigenvalue weighted by atomic mass is 16.2. The second kappa shape index (κ2) is 10.1. The van der Waals surface area contributed by atoms with Crippen molar-refractivity contribution in [1.82, 2.24) is 10.2 Å². The molecule has 1 N–H and O–H groups in total. The van der Waals surface area contributed by atoms with Gasteiger partial charge in [0.05, 0.1) is 0 Å². The highest BCUT2D eigenvalue weighted by Crippen LogP contribution is 2.27. The van der Waals surface area contributed by atoms with Crippen LogP contribution in [0.5, 0.6) is 0 Å². The van der Waals surface area contributed by atoms with Gasteiger partial charge in [-0.25, -0.2) is 0 Å². The zero-order valence-electron chi connectivity index (χ0n) is 18.2. The monoisotopic (exact) mass is 405 g/mol. The molecular weight excluding hydrogens is 370 g/mol. The van der Waals surface area contributed by atoms with Crippen molar-refractivity contribution in [3.63, 3.8) is 0 Å². The molecule has 4 nitrogen and oxygen atoms in total. The summed E-state index contributed by atoms with van der Waals surface area (Å²) in [6.07, 6.45) is 6.24. The van der Waals surface area contributed by atoms with Crippen molar-refractivity contribution in [2.75, 3.05) is 31.1 Å². The molecule has 0 aromatic heterocycles. The molecule has 30 heavy (non-hydrogen) atoms. The summed E-state index contributed by atoms with van der Waals surface area (Å²) >= 11 is 0. The number of nitrogens with zero attached hydrogens (tertiary/aromatic N) is 2. The summed E-state index contributed by atoms with van der Waals surface area (Å²) in [5.41, 5.74) is 3.54. The Morgan fingerprint density at radius 1 is 0.933 bits per heavy atom. The first-order chi connectivity index (χ1) is 14.7. The molecule has 2 aromatic rings. The lowest BCUT2D eigenvalue weighted by Gasteiger charge is -2.36. The van der Waals surface area contributed by atoms with Crippen LogP contribution in [0.25, 0.3) is 0 Å². The minimum absolute atomic E-state index is 0.107. The van der Waals surface area contributed by atoms with E-state index in [9.17, 15) is 4.79 Å². The highest BCUT2D eigenvalue weighted by molar-refractivity contribution is 5.83. The largest absolute Gasteiger partial charge is 0.372 e. The van der Waals surface area contributed by atoms with Gasteiger partial charge in [0, 0.05) is 25.3 Å². The molecule has 2 saturated heterocycles. The van der Waals surface area contributed by atoms with Gasteiger partial charge in [-0.1, -0.05) is 49.4 Å². The van der Waals surface area contributed by atoms with E-state index < -0.39 is 0 Å². The average Bonchev–Trinajstić information content (AvgIpc) is 2.81. The predicted molar refractivity (Wildman–Crippen MR) is 124 cm³/mol. The Morgan fingerprint density at radius 3 is 2.27 bits per heavy atom. The third-order valence-electron chi connectivity index (χ3n) is 6.67. The molecule has 2 fully saturated rings. The summed E-state index contributed by atoms with van der Waals surface area (Å²) in [6.45, 7) is 7.17. The van der Waals surface area contributed by atoms with Gasteiger partial charge in [-0.3, -0.25) is 9.69 Å². The summed E-state index contributed by atoms with van der Waals surface area (Å²) in [5.74, 6) is 0.856. The van der Waals surface area contributed by atoms with E-state index in [1.807, 2.05) is 18.2 Å². The molecule has 2 aliphatic rings. The van der Waals surface area contributed by atoms with Crippen LogP contribution in [0.15, 0.2) is 54.6 Å². The number of piperidine rings is 2. The Balaban J connectivity index is 1.40. The second-order valence-corrected chi connectivity index (χ2v) is 8.96. The molecule has 1 amide bonds. The van der Waals surface area contributed by atoms with Gasteiger partial charge in [0.25, 0.3) is 0 Å². The van der Waals surface area contributed by atoms with Crippen molar-refractivity contribution in [3.05, 3.63) is 65.7 Å². The first-order valence-corrected chi connectivity index (χ1v) is 11.6. The van der Waals surface area contributed by atoms with Crippen LogP contribution in [0.1, 0.15) is 56.2 Å². The van der Waals surface area contributed by atoms with Gasteiger partial charge in [-0.2, -0.15) is 0 Å². The van der Waals surface area contributed by atoms with E-state index in [1.165, 1.54) is 24.9 Å². The smallest absolute Gasteiger partial charge is 0.242 e. The van der Waals surface area contributed by atoms with E-state index in [2.05, 4.69) is 58.4 Å². The van der Waals surface area contributed by atoms with Crippen molar-refractivity contribution in [2.24, 2.45) is 5.92 Å². The van der Waals surface area contributed by atoms with Gasteiger partial charge >= 0.3 is 0 Å². The van der Waals surface area contributed by atoms with Crippen LogP contribution in [0.3, 0.4) is 0 Å². The van der Waals surface area contributed by atoms with Crippen LogP contribution in [0, 0.1) is 5.92 Å². The SMILES string of the molecule is CC1CCN(C(C(=O)NCc2ccc(N3CCCCC3)cc2)c2ccccc2)CC1. The number of anilines is 1. The Morgan fingerprint density at radius 2 is 1.60 bits per heavy atom. The van der Waals surface area contributed by atoms with Crippen molar-refractivity contribution in [2.45, 2.75) is 51.6 Å².